The zero-order valence-electron chi connectivity index (χ0n) is 11.1. The molecule has 3 N–H and O–H groups in total. The smallest absolute Gasteiger partial charge is 0.179 e. The monoisotopic (exact) mass is 285 g/mol. The lowest BCUT2D eigenvalue weighted by atomic mass is 10.0. The molecule has 1 atom stereocenters. The number of aromatic amines is 1. The molecule has 0 saturated carbocycles. The maximum atomic E-state index is 4.66. The van der Waals surface area contributed by atoms with Gasteiger partial charge in [0.05, 0.1) is 11.6 Å². The number of fused-ring (bicyclic) bond motifs is 2. The van der Waals surface area contributed by atoms with Crippen molar-refractivity contribution < 1.29 is 0 Å². The molecule has 1 aliphatic rings. The summed E-state index contributed by atoms with van der Waals surface area (Å²) in [4.78, 5) is 14.0. The van der Waals surface area contributed by atoms with E-state index in [1.807, 2.05) is 30.5 Å². The van der Waals surface area contributed by atoms with E-state index in [2.05, 4.69) is 37.0 Å². The molecule has 6 heteroatoms. The lowest BCUT2D eigenvalue weighted by molar-refractivity contribution is 0.555. The van der Waals surface area contributed by atoms with Gasteiger partial charge in [-0.15, -0.1) is 11.3 Å². The molecule has 4 rings (SSSR count). The Morgan fingerprint density at radius 3 is 3.15 bits per heavy atom. The minimum absolute atomic E-state index is 0.150. The van der Waals surface area contributed by atoms with Gasteiger partial charge in [-0.1, -0.05) is 0 Å². The molecule has 0 aliphatic carbocycles. The number of pyridine rings is 1. The van der Waals surface area contributed by atoms with E-state index in [4.69, 9.17) is 0 Å². The van der Waals surface area contributed by atoms with E-state index in [9.17, 15) is 0 Å². The third-order valence-corrected chi connectivity index (χ3v) is 4.68. The maximum absolute atomic E-state index is 4.66. The zero-order chi connectivity index (χ0) is 13.5. The van der Waals surface area contributed by atoms with Gasteiger partial charge in [-0.2, -0.15) is 0 Å². The van der Waals surface area contributed by atoms with Gasteiger partial charge < -0.3 is 15.6 Å². The Morgan fingerprint density at radius 1 is 1.30 bits per heavy atom. The normalized spacial score (nSPS) is 18.1. The lowest BCUT2D eigenvalue weighted by Gasteiger charge is -2.22. The van der Waals surface area contributed by atoms with Crippen LogP contribution in [0.5, 0.6) is 0 Å². The van der Waals surface area contributed by atoms with E-state index in [0.717, 1.165) is 35.8 Å². The van der Waals surface area contributed by atoms with E-state index >= 15 is 0 Å². The summed E-state index contributed by atoms with van der Waals surface area (Å²) in [5.41, 5.74) is 3.08. The van der Waals surface area contributed by atoms with Crippen molar-refractivity contribution in [2.75, 3.05) is 18.9 Å². The molecule has 0 amide bonds. The van der Waals surface area contributed by atoms with Gasteiger partial charge in [0.1, 0.15) is 11.6 Å². The van der Waals surface area contributed by atoms with Crippen LogP contribution < -0.4 is 10.6 Å². The van der Waals surface area contributed by atoms with E-state index in [0.29, 0.717) is 0 Å². The standard InChI is InChI=1S/C14H15N5S/c1-15-11-3-2-9-13(18-11)19-14(17-9)12-8-5-7-20-10(8)4-6-16-12/h2-3,5,7,12,16H,4,6H2,1H3,(H2,15,17,18,19). The fourth-order valence-corrected chi connectivity index (χ4v) is 3.60. The van der Waals surface area contributed by atoms with Crippen molar-refractivity contribution in [1.82, 2.24) is 20.3 Å². The zero-order valence-corrected chi connectivity index (χ0v) is 11.9. The average molecular weight is 285 g/mol. The number of aromatic nitrogens is 3. The third-order valence-electron chi connectivity index (χ3n) is 3.69. The molecule has 0 bridgehead atoms. The number of nitrogens with zero attached hydrogens (tertiary/aromatic N) is 2. The third kappa shape index (κ3) is 1.80. The highest BCUT2D eigenvalue weighted by molar-refractivity contribution is 7.10. The van der Waals surface area contributed by atoms with Crippen LogP contribution in [0.3, 0.4) is 0 Å². The predicted octanol–water partition coefficient (Wildman–Crippen LogP) is 2.30. The number of nitrogens with one attached hydrogen (secondary N) is 3. The van der Waals surface area contributed by atoms with Crippen LogP contribution in [0.25, 0.3) is 11.2 Å². The largest absolute Gasteiger partial charge is 0.373 e. The molecule has 102 valence electrons. The highest BCUT2D eigenvalue weighted by Gasteiger charge is 2.24. The molecule has 0 aromatic carbocycles. The first kappa shape index (κ1) is 11.9. The minimum Gasteiger partial charge on any atom is -0.373 e. The summed E-state index contributed by atoms with van der Waals surface area (Å²) in [5.74, 6) is 1.78. The molecular weight excluding hydrogens is 270 g/mol. The van der Waals surface area contributed by atoms with E-state index in [1.54, 1.807) is 0 Å². The van der Waals surface area contributed by atoms with Crippen LogP contribution in [0.2, 0.25) is 0 Å². The fourth-order valence-electron chi connectivity index (χ4n) is 2.68. The molecule has 1 aliphatic heterocycles. The second-order valence-corrected chi connectivity index (χ2v) is 5.88. The molecule has 5 nitrogen and oxygen atoms in total. The minimum atomic E-state index is 0.150. The first-order chi connectivity index (χ1) is 9.85. The SMILES string of the molecule is CNc1ccc2[nH]c(C3NCCc4sccc43)nc2n1. The van der Waals surface area contributed by atoms with Crippen LogP contribution in [0, 0.1) is 0 Å². The van der Waals surface area contributed by atoms with Gasteiger partial charge in [-0.25, -0.2) is 9.97 Å². The Balaban J connectivity index is 1.80. The van der Waals surface area contributed by atoms with Crippen LogP contribution in [-0.2, 0) is 6.42 Å². The number of rotatable bonds is 2. The topological polar surface area (TPSA) is 65.6 Å². The molecule has 3 aromatic heterocycles. The highest BCUT2D eigenvalue weighted by Crippen LogP contribution is 2.31. The molecule has 0 radical (unpaired) electrons. The summed E-state index contributed by atoms with van der Waals surface area (Å²) >= 11 is 1.83. The summed E-state index contributed by atoms with van der Waals surface area (Å²) in [6.45, 7) is 0.990. The van der Waals surface area contributed by atoms with Crippen molar-refractivity contribution in [3.63, 3.8) is 0 Å². The van der Waals surface area contributed by atoms with Crippen molar-refractivity contribution in [3.05, 3.63) is 39.8 Å². The second-order valence-electron chi connectivity index (χ2n) is 4.88. The Bertz CT molecular complexity index is 760. The van der Waals surface area contributed by atoms with Crippen molar-refractivity contribution >= 4 is 28.3 Å². The van der Waals surface area contributed by atoms with Crippen LogP contribution in [0.1, 0.15) is 22.3 Å². The Kier molecular flexibility index (Phi) is 2.71. The van der Waals surface area contributed by atoms with E-state index in [-0.39, 0.29) is 6.04 Å². The second kappa shape index (κ2) is 4.57. The van der Waals surface area contributed by atoms with Crippen molar-refractivity contribution in [2.45, 2.75) is 12.5 Å². The lowest BCUT2D eigenvalue weighted by Crippen LogP contribution is -2.30. The Labute approximate surface area is 120 Å². The summed E-state index contributed by atoms with van der Waals surface area (Å²) < 4.78 is 0. The number of anilines is 1. The van der Waals surface area contributed by atoms with Crippen LogP contribution in [0.15, 0.2) is 23.6 Å². The molecule has 0 saturated heterocycles. The molecule has 0 spiro atoms. The number of thiophene rings is 1. The highest BCUT2D eigenvalue weighted by atomic mass is 32.1. The van der Waals surface area contributed by atoms with E-state index < -0.39 is 0 Å². The first-order valence-corrected chi connectivity index (χ1v) is 7.57. The van der Waals surface area contributed by atoms with Crippen molar-refractivity contribution in [3.8, 4) is 0 Å². The summed E-state index contributed by atoms with van der Waals surface area (Å²) in [5, 5.41) is 8.73. The number of imidazole rings is 1. The van der Waals surface area contributed by atoms with Gasteiger partial charge in [0.15, 0.2) is 5.65 Å². The van der Waals surface area contributed by atoms with Crippen LogP contribution in [-0.4, -0.2) is 28.5 Å². The summed E-state index contributed by atoms with van der Waals surface area (Å²) in [7, 11) is 1.86. The molecule has 20 heavy (non-hydrogen) atoms. The predicted molar refractivity (Wildman–Crippen MR) is 81.3 cm³/mol. The van der Waals surface area contributed by atoms with Crippen molar-refractivity contribution in [1.29, 1.82) is 0 Å². The number of hydrogen-bond donors (Lipinski definition) is 3. The van der Waals surface area contributed by atoms with Gasteiger partial charge in [0, 0.05) is 18.5 Å². The molecular formula is C14H15N5S. The van der Waals surface area contributed by atoms with Gasteiger partial charge in [0.2, 0.25) is 0 Å². The van der Waals surface area contributed by atoms with E-state index in [1.165, 1.54) is 10.4 Å². The van der Waals surface area contributed by atoms with Crippen molar-refractivity contribution in [2.24, 2.45) is 0 Å². The maximum Gasteiger partial charge on any atom is 0.179 e. The Morgan fingerprint density at radius 2 is 2.25 bits per heavy atom. The molecule has 3 aromatic rings. The number of H-pyrrole nitrogens is 1. The van der Waals surface area contributed by atoms with Gasteiger partial charge >= 0.3 is 0 Å². The molecule has 0 fully saturated rings. The van der Waals surface area contributed by atoms with Gasteiger partial charge in [-0.3, -0.25) is 0 Å². The molecule has 4 heterocycles. The van der Waals surface area contributed by atoms with Crippen LogP contribution in [0.4, 0.5) is 5.82 Å². The Hall–Kier alpha value is -1.92. The first-order valence-electron chi connectivity index (χ1n) is 6.69. The summed E-state index contributed by atoms with van der Waals surface area (Å²) in [6.07, 6.45) is 1.10. The van der Waals surface area contributed by atoms with Crippen LogP contribution >= 0.6 is 11.3 Å². The van der Waals surface area contributed by atoms with Gasteiger partial charge in [0.25, 0.3) is 0 Å². The average Bonchev–Trinajstić information content (AvgIpc) is 3.12. The van der Waals surface area contributed by atoms with Gasteiger partial charge in [-0.05, 0) is 35.6 Å². The fraction of sp³-hybridized carbons (Fsp3) is 0.286. The molecule has 1 unspecified atom stereocenters. The quantitative estimate of drug-likeness (QED) is 0.676. The number of hydrogen-bond acceptors (Lipinski definition) is 5. The summed E-state index contributed by atoms with van der Waals surface area (Å²) in [6, 6.07) is 6.31.